The summed E-state index contributed by atoms with van der Waals surface area (Å²) in [6.07, 6.45) is 9.79. The van der Waals surface area contributed by atoms with Crippen molar-refractivity contribution in [1.29, 1.82) is 0 Å². The van der Waals surface area contributed by atoms with Gasteiger partial charge in [0.25, 0.3) is 0 Å². The van der Waals surface area contributed by atoms with Crippen molar-refractivity contribution < 1.29 is 0 Å². The van der Waals surface area contributed by atoms with Crippen LogP contribution in [0, 0.1) is 5.41 Å². The lowest BCUT2D eigenvalue weighted by molar-refractivity contribution is 0.190. The number of nitrogens with one attached hydrogen (secondary N) is 1. The molecule has 0 bridgehead atoms. The average molecular weight is 238 g/mol. The fourth-order valence-corrected chi connectivity index (χ4v) is 3.64. The molecule has 1 aliphatic heterocycles. The largest absolute Gasteiger partial charge is 0.314 e. The molecule has 1 saturated heterocycles. The molecule has 2 rings (SSSR count). The van der Waals surface area contributed by atoms with Crippen LogP contribution in [0.5, 0.6) is 0 Å². The molecular weight excluding hydrogens is 208 g/mol. The van der Waals surface area contributed by atoms with Gasteiger partial charge >= 0.3 is 0 Å². The molecule has 0 spiro atoms. The van der Waals surface area contributed by atoms with Crippen LogP contribution in [0.15, 0.2) is 0 Å². The van der Waals surface area contributed by atoms with E-state index in [9.17, 15) is 0 Å². The fourth-order valence-electron chi connectivity index (χ4n) is 3.64. The van der Waals surface area contributed by atoms with Gasteiger partial charge in [0.2, 0.25) is 0 Å². The Labute approximate surface area is 107 Å². The Morgan fingerprint density at radius 2 is 1.76 bits per heavy atom. The molecule has 1 saturated carbocycles. The first-order chi connectivity index (χ1) is 8.05. The van der Waals surface area contributed by atoms with Crippen molar-refractivity contribution in [1.82, 2.24) is 10.2 Å². The van der Waals surface area contributed by atoms with E-state index in [1.807, 2.05) is 0 Å². The highest BCUT2D eigenvalue weighted by Crippen LogP contribution is 2.33. The van der Waals surface area contributed by atoms with Crippen molar-refractivity contribution >= 4 is 0 Å². The lowest BCUT2D eigenvalue weighted by Crippen LogP contribution is -2.47. The van der Waals surface area contributed by atoms with E-state index in [-0.39, 0.29) is 0 Å². The average Bonchev–Trinajstić information content (AvgIpc) is 2.68. The summed E-state index contributed by atoms with van der Waals surface area (Å²) in [5.74, 6) is 0. The van der Waals surface area contributed by atoms with E-state index in [1.165, 1.54) is 64.6 Å². The topological polar surface area (TPSA) is 15.3 Å². The van der Waals surface area contributed by atoms with Crippen LogP contribution in [0.25, 0.3) is 0 Å². The molecule has 0 aromatic rings. The Morgan fingerprint density at radius 1 is 1.06 bits per heavy atom. The summed E-state index contributed by atoms with van der Waals surface area (Å²) in [7, 11) is 2.17. The van der Waals surface area contributed by atoms with Gasteiger partial charge in [-0.1, -0.05) is 33.1 Å². The minimum absolute atomic E-state index is 0.463. The van der Waals surface area contributed by atoms with Crippen molar-refractivity contribution in [3.63, 3.8) is 0 Å². The molecule has 1 heterocycles. The Balaban J connectivity index is 1.80. The first kappa shape index (κ1) is 13.4. The smallest absolute Gasteiger partial charge is 0.0190 e. The quantitative estimate of drug-likeness (QED) is 0.810. The Hall–Kier alpha value is -0.0800. The summed E-state index contributed by atoms with van der Waals surface area (Å²) in [5, 5.41) is 3.64. The molecule has 1 N–H and O–H groups in total. The van der Waals surface area contributed by atoms with E-state index >= 15 is 0 Å². The second kappa shape index (κ2) is 5.27. The number of rotatable bonds is 4. The fraction of sp³-hybridized carbons (Fsp3) is 1.00. The zero-order chi connectivity index (χ0) is 12.4. The van der Waals surface area contributed by atoms with Gasteiger partial charge in [0, 0.05) is 12.1 Å². The van der Waals surface area contributed by atoms with Crippen LogP contribution in [0.1, 0.15) is 58.8 Å². The predicted molar refractivity (Wildman–Crippen MR) is 74.3 cm³/mol. The van der Waals surface area contributed by atoms with Crippen molar-refractivity contribution in [3.8, 4) is 0 Å². The molecule has 2 nitrogen and oxygen atoms in total. The lowest BCUT2D eigenvalue weighted by atomic mass is 9.79. The molecule has 100 valence electrons. The highest BCUT2D eigenvalue weighted by atomic mass is 15.2. The first-order valence-electron chi connectivity index (χ1n) is 7.47. The Bertz CT molecular complexity index is 241. The molecule has 2 heteroatoms. The lowest BCUT2D eigenvalue weighted by Gasteiger charge is -2.38. The van der Waals surface area contributed by atoms with E-state index < -0.39 is 0 Å². The summed E-state index contributed by atoms with van der Waals surface area (Å²) in [6, 6.07) is 0. The van der Waals surface area contributed by atoms with Crippen LogP contribution in [0.4, 0.5) is 0 Å². The van der Waals surface area contributed by atoms with Crippen LogP contribution in [0.3, 0.4) is 0 Å². The summed E-state index contributed by atoms with van der Waals surface area (Å²) >= 11 is 0. The molecule has 0 atom stereocenters. The second-order valence-corrected chi connectivity index (χ2v) is 7.03. The van der Waals surface area contributed by atoms with Crippen molar-refractivity contribution in [2.75, 3.05) is 26.7 Å². The minimum atomic E-state index is 0.463. The van der Waals surface area contributed by atoms with Crippen LogP contribution >= 0.6 is 0 Å². The molecule has 1 aliphatic carbocycles. The molecule has 17 heavy (non-hydrogen) atoms. The summed E-state index contributed by atoms with van der Waals surface area (Å²) in [5.41, 5.74) is 1.02. The Kier molecular flexibility index (Phi) is 4.14. The molecule has 0 aromatic carbocycles. The van der Waals surface area contributed by atoms with E-state index in [1.54, 1.807) is 0 Å². The molecular formula is C15H30N2. The zero-order valence-corrected chi connectivity index (χ0v) is 12.0. The van der Waals surface area contributed by atoms with Gasteiger partial charge in [-0.2, -0.15) is 0 Å². The SMILES string of the molecule is CNC1(CCN2CCC(C)(C)C2)CCCCC1. The van der Waals surface area contributed by atoms with E-state index in [0.717, 1.165) is 0 Å². The minimum Gasteiger partial charge on any atom is -0.314 e. The first-order valence-corrected chi connectivity index (χ1v) is 7.47. The van der Waals surface area contributed by atoms with Crippen molar-refractivity contribution in [2.45, 2.75) is 64.3 Å². The molecule has 2 aliphatic rings. The zero-order valence-electron chi connectivity index (χ0n) is 12.0. The summed E-state index contributed by atoms with van der Waals surface area (Å²) in [4.78, 5) is 2.67. The number of hydrogen-bond donors (Lipinski definition) is 1. The molecule has 2 fully saturated rings. The predicted octanol–water partition coefficient (Wildman–Crippen LogP) is 3.03. The van der Waals surface area contributed by atoms with Crippen LogP contribution in [0.2, 0.25) is 0 Å². The third kappa shape index (κ3) is 3.45. The van der Waals surface area contributed by atoms with E-state index in [4.69, 9.17) is 0 Å². The number of nitrogens with zero attached hydrogens (tertiary/aromatic N) is 1. The third-order valence-electron chi connectivity index (χ3n) is 5.00. The van der Waals surface area contributed by atoms with E-state index in [2.05, 4.69) is 31.1 Å². The van der Waals surface area contributed by atoms with Crippen LogP contribution < -0.4 is 5.32 Å². The Morgan fingerprint density at radius 3 is 2.29 bits per heavy atom. The summed E-state index contributed by atoms with van der Waals surface area (Å²) < 4.78 is 0. The third-order valence-corrected chi connectivity index (χ3v) is 5.00. The standard InChI is InChI=1S/C15H30N2/c1-14(2)9-11-17(13-14)12-10-15(16-3)7-5-4-6-8-15/h16H,4-13H2,1-3H3. The highest BCUT2D eigenvalue weighted by Gasteiger charge is 2.33. The van der Waals surface area contributed by atoms with Gasteiger partial charge in [-0.25, -0.2) is 0 Å². The van der Waals surface area contributed by atoms with E-state index in [0.29, 0.717) is 11.0 Å². The van der Waals surface area contributed by atoms with Gasteiger partial charge in [-0.05, 0) is 51.2 Å². The molecule has 0 aromatic heterocycles. The normalized spacial score (nSPS) is 28.4. The maximum atomic E-state index is 3.64. The van der Waals surface area contributed by atoms with Crippen LogP contribution in [-0.4, -0.2) is 37.1 Å². The highest BCUT2D eigenvalue weighted by molar-refractivity contribution is 4.92. The van der Waals surface area contributed by atoms with Gasteiger partial charge in [0.15, 0.2) is 0 Å². The second-order valence-electron chi connectivity index (χ2n) is 7.03. The van der Waals surface area contributed by atoms with Crippen LogP contribution in [-0.2, 0) is 0 Å². The maximum Gasteiger partial charge on any atom is 0.0190 e. The monoisotopic (exact) mass is 238 g/mol. The number of likely N-dealkylation sites (tertiary alicyclic amines) is 1. The summed E-state index contributed by atoms with van der Waals surface area (Å²) in [6.45, 7) is 8.72. The van der Waals surface area contributed by atoms with Gasteiger partial charge < -0.3 is 10.2 Å². The number of hydrogen-bond acceptors (Lipinski definition) is 2. The van der Waals surface area contributed by atoms with Crippen molar-refractivity contribution in [2.24, 2.45) is 5.41 Å². The van der Waals surface area contributed by atoms with Gasteiger partial charge in [0.1, 0.15) is 0 Å². The molecule has 0 radical (unpaired) electrons. The molecule has 0 amide bonds. The van der Waals surface area contributed by atoms with Crippen molar-refractivity contribution in [3.05, 3.63) is 0 Å². The van der Waals surface area contributed by atoms with Gasteiger partial charge in [-0.3, -0.25) is 0 Å². The van der Waals surface area contributed by atoms with Gasteiger partial charge in [-0.15, -0.1) is 0 Å². The maximum absolute atomic E-state index is 3.64. The van der Waals surface area contributed by atoms with Gasteiger partial charge in [0.05, 0.1) is 0 Å². The molecule has 0 unspecified atom stereocenters.